The molecule has 9 heteroatoms. The zero-order valence-corrected chi connectivity index (χ0v) is 11.6. The molecule has 0 spiro atoms. The number of ether oxygens (including phenoxy) is 2. The van der Waals surface area contributed by atoms with Crippen molar-refractivity contribution < 1.29 is 33.8 Å². The van der Waals surface area contributed by atoms with Gasteiger partial charge < -0.3 is 20.3 Å². The smallest absolute Gasteiger partial charge is 0.329 e. The Morgan fingerprint density at radius 2 is 1.90 bits per heavy atom. The lowest BCUT2D eigenvalue weighted by Gasteiger charge is -2.31. The second-order valence-electron chi connectivity index (χ2n) is 4.88. The lowest BCUT2D eigenvalue weighted by Crippen LogP contribution is -2.47. The van der Waals surface area contributed by atoms with E-state index in [2.05, 4.69) is 4.99 Å². The number of esters is 2. The third-order valence-corrected chi connectivity index (χ3v) is 2.56. The van der Waals surface area contributed by atoms with E-state index in [1.54, 1.807) is 0 Å². The molecule has 0 aliphatic carbocycles. The number of amides is 1. The van der Waals surface area contributed by atoms with E-state index in [1.165, 1.54) is 13.8 Å². The average Bonchev–Trinajstić information content (AvgIpc) is 2.29. The van der Waals surface area contributed by atoms with Crippen LogP contribution in [0.4, 0.5) is 0 Å². The zero-order valence-electron chi connectivity index (χ0n) is 11.6. The summed E-state index contributed by atoms with van der Waals surface area (Å²) in [7, 11) is 0. The maximum absolute atomic E-state index is 11.6. The first kappa shape index (κ1) is 16.6. The number of nitrogens with two attached hydrogens (primary N) is 1. The number of aliphatic carboxylic acids is 1. The van der Waals surface area contributed by atoms with Crippen molar-refractivity contribution in [3.8, 4) is 0 Å². The van der Waals surface area contributed by atoms with Crippen LogP contribution in [0.15, 0.2) is 4.99 Å². The lowest BCUT2D eigenvalue weighted by molar-refractivity contribution is -0.235. The fraction of sp³-hybridized carbons (Fsp3) is 0.583. The standard InChI is InChI=1S/C12H16N2O7/c1-12(2)20-10(18)6(11(19)21-12)5-14-7(9(16)17)3-4-8(13)15/h5-7H,3-4H2,1-2H3,(H2,13,15)(H,16,17)/t7-/m0/s1. The van der Waals surface area contributed by atoms with Crippen LogP contribution in [0.1, 0.15) is 26.7 Å². The van der Waals surface area contributed by atoms with Crippen LogP contribution in [0.2, 0.25) is 0 Å². The van der Waals surface area contributed by atoms with E-state index in [0.717, 1.165) is 6.21 Å². The molecule has 0 aromatic carbocycles. The predicted molar refractivity (Wildman–Crippen MR) is 68.1 cm³/mol. The van der Waals surface area contributed by atoms with Gasteiger partial charge in [-0.1, -0.05) is 0 Å². The fourth-order valence-electron chi connectivity index (χ4n) is 1.58. The first-order valence-corrected chi connectivity index (χ1v) is 6.12. The molecule has 0 aromatic rings. The summed E-state index contributed by atoms with van der Waals surface area (Å²) in [6.45, 7) is 2.78. The molecule has 1 saturated heterocycles. The number of aliphatic imine (C=N–C) groups is 1. The van der Waals surface area contributed by atoms with Gasteiger partial charge in [-0.2, -0.15) is 0 Å². The number of carbonyl (C=O) groups excluding carboxylic acids is 3. The Hall–Kier alpha value is -2.45. The van der Waals surface area contributed by atoms with Gasteiger partial charge in [-0.25, -0.2) is 4.79 Å². The molecule has 1 atom stereocenters. The molecule has 3 N–H and O–H groups in total. The number of hydrogen-bond donors (Lipinski definition) is 2. The molecular weight excluding hydrogens is 284 g/mol. The Kier molecular flexibility index (Phi) is 5.01. The van der Waals surface area contributed by atoms with Crippen molar-refractivity contribution in [3.05, 3.63) is 0 Å². The van der Waals surface area contributed by atoms with Crippen molar-refractivity contribution in [3.63, 3.8) is 0 Å². The lowest BCUT2D eigenvalue weighted by atomic mass is 10.1. The van der Waals surface area contributed by atoms with Crippen molar-refractivity contribution in [2.75, 3.05) is 0 Å². The Labute approximate surface area is 120 Å². The second kappa shape index (κ2) is 6.33. The van der Waals surface area contributed by atoms with Crippen LogP contribution in [-0.2, 0) is 28.7 Å². The van der Waals surface area contributed by atoms with Crippen molar-refractivity contribution in [2.45, 2.75) is 38.5 Å². The van der Waals surface area contributed by atoms with Gasteiger partial charge in [0.15, 0.2) is 5.92 Å². The normalized spacial score (nSPS) is 19.9. The third-order valence-electron chi connectivity index (χ3n) is 2.56. The number of primary amides is 1. The summed E-state index contributed by atoms with van der Waals surface area (Å²) >= 11 is 0. The Morgan fingerprint density at radius 1 is 1.38 bits per heavy atom. The number of carboxylic acids is 1. The highest BCUT2D eigenvalue weighted by Gasteiger charge is 2.42. The van der Waals surface area contributed by atoms with E-state index in [9.17, 15) is 19.2 Å². The maximum atomic E-state index is 11.6. The van der Waals surface area contributed by atoms with Crippen LogP contribution < -0.4 is 5.73 Å². The molecule has 1 aliphatic rings. The van der Waals surface area contributed by atoms with Crippen LogP contribution in [-0.4, -0.2) is 47.0 Å². The van der Waals surface area contributed by atoms with Crippen LogP contribution in [0.25, 0.3) is 0 Å². The minimum Gasteiger partial charge on any atom is -0.480 e. The molecule has 1 amide bonds. The van der Waals surface area contributed by atoms with Gasteiger partial charge in [-0.3, -0.25) is 19.4 Å². The van der Waals surface area contributed by atoms with Crippen molar-refractivity contribution >= 4 is 30.0 Å². The van der Waals surface area contributed by atoms with Crippen molar-refractivity contribution in [1.29, 1.82) is 0 Å². The quantitative estimate of drug-likeness (QED) is 0.372. The molecule has 1 rings (SSSR count). The number of hydrogen-bond acceptors (Lipinski definition) is 7. The van der Waals surface area contributed by atoms with Gasteiger partial charge in [0, 0.05) is 26.5 Å². The van der Waals surface area contributed by atoms with Crippen molar-refractivity contribution in [2.24, 2.45) is 16.6 Å². The summed E-state index contributed by atoms with van der Waals surface area (Å²) < 4.78 is 9.71. The van der Waals surface area contributed by atoms with E-state index in [4.69, 9.17) is 20.3 Å². The first-order chi connectivity index (χ1) is 9.62. The maximum Gasteiger partial charge on any atom is 0.329 e. The van der Waals surface area contributed by atoms with Gasteiger partial charge in [-0.15, -0.1) is 0 Å². The highest BCUT2D eigenvalue weighted by molar-refractivity contribution is 6.10. The fourth-order valence-corrected chi connectivity index (χ4v) is 1.58. The number of rotatable bonds is 6. The molecule has 1 fully saturated rings. The molecule has 9 nitrogen and oxygen atoms in total. The summed E-state index contributed by atoms with van der Waals surface area (Å²) in [5.74, 6) is -6.51. The van der Waals surface area contributed by atoms with Gasteiger partial charge in [0.25, 0.3) is 5.79 Å². The molecule has 0 radical (unpaired) electrons. The minimum atomic E-state index is -1.42. The van der Waals surface area contributed by atoms with Crippen LogP contribution in [0.5, 0.6) is 0 Å². The summed E-state index contributed by atoms with van der Waals surface area (Å²) in [5, 5.41) is 8.93. The molecular formula is C12H16N2O7. The van der Waals surface area contributed by atoms with Crippen LogP contribution >= 0.6 is 0 Å². The second-order valence-corrected chi connectivity index (χ2v) is 4.88. The highest BCUT2D eigenvalue weighted by Crippen LogP contribution is 2.22. The molecule has 0 unspecified atom stereocenters. The highest BCUT2D eigenvalue weighted by atomic mass is 16.7. The average molecular weight is 300 g/mol. The number of cyclic esters (lactones) is 2. The molecule has 0 bridgehead atoms. The van der Waals surface area contributed by atoms with E-state index >= 15 is 0 Å². The van der Waals surface area contributed by atoms with Gasteiger partial charge in [0.1, 0.15) is 6.04 Å². The molecule has 0 saturated carbocycles. The van der Waals surface area contributed by atoms with Crippen LogP contribution in [0, 0.1) is 5.92 Å². The molecule has 1 heterocycles. The van der Waals surface area contributed by atoms with E-state index in [-0.39, 0.29) is 12.8 Å². The van der Waals surface area contributed by atoms with E-state index in [1.807, 2.05) is 0 Å². The zero-order chi connectivity index (χ0) is 16.2. The Morgan fingerprint density at radius 3 is 2.33 bits per heavy atom. The summed E-state index contributed by atoms with van der Waals surface area (Å²) in [6.07, 6.45) is 0.546. The predicted octanol–water partition coefficient (Wildman–Crippen LogP) is -0.772. The number of carbonyl (C=O) groups is 4. The molecule has 116 valence electrons. The minimum absolute atomic E-state index is 0.135. The molecule has 0 aromatic heterocycles. The molecule has 21 heavy (non-hydrogen) atoms. The topological polar surface area (TPSA) is 145 Å². The summed E-state index contributed by atoms with van der Waals surface area (Å²) in [6, 6.07) is -1.28. The van der Waals surface area contributed by atoms with Gasteiger partial charge >= 0.3 is 17.9 Å². The van der Waals surface area contributed by atoms with Gasteiger partial charge in [0.05, 0.1) is 0 Å². The monoisotopic (exact) mass is 300 g/mol. The summed E-state index contributed by atoms with van der Waals surface area (Å²) in [4.78, 5) is 48.5. The third kappa shape index (κ3) is 4.86. The molecule has 1 aliphatic heterocycles. The van der Waals surface area contributed by atoms with Gasteiger partial charge in [-0.05, 0) is 6.42 Å². The number of carboxylic acid groups (broad SMARTS) is 1. The Bertz CT molecular complexity index is 478. The van der Waals surface area contributed by atoms with Gasteiger partial charge in [0.2, 0.25) is 5.91 Å². The Balaban J connectivity index is 2.76. The van der Waals surface area contributed by atoms with E-state index < -0.39 is 41.6 Å². The van der Waals surface area contributed by atoms with Crippen LogP contribution in [0.3, 0.4) is 0 Å². The SMILES string of the molecule is CC1(C)OC(=O)C(C=N[C@@H](CCC(N)=O)C(=O)O)C(=O)O1. The largest absolute Gasteiger partial charge is 0.480 e. The van der Waals surface area contributed by atoms with E-state index in [0.29, 0.717) is 0 Å². The first-order valence-electron chi connectivity index (χ1n) is 6.12. The summed E-state index contributed by atoms with van der Waals surface area (Å²) in [5.41, 5.74) is 4.92. The van der Waals surface area contributed by atoms with Crippen molar-refractivity contribution in [1.82, 2.24) is 0 Å². The number of nitrogens with zero attached hydrogens (tertiary/aromatic N) is 1.